The zero-order valence-corrected chi connectivity index (χ0v) is 48.1. The molecule has 2 atom stereocenters. The van der Waals surface area contributed by atoms with Crippen LogP contribution in [-0.4, -0.2) is 70.0 Å². The summed E-state index contributed by atoms with van der Waals surface area (Å²) in [7, 11) is 1.18. The average Bonchev–Trinajstić information content (AvgIpc) is 3.33. The molecule has 0 aliphatic rings. The van der Waals surface area contributed by atoms with E-state index in [9.17, 15) is 19.0 Å². The van der Waals surface area contributed by atoms with E-state index in [-0.39, 0.29) is 32.0 Å². The van der Waals surface area contributed by atoms with Crippen molar-refractivity contribution >= 4 is 19.8 Å². The molecule has 0 spiro atoms. The lowest BCUT2D eigenvalue weighted by Crippen LogP contribution is -2.37. The molecule has 71 heavy (non-hydrogen) atoms. The van der Waals surface area contributed by atoms with E-state index in [1.54, 1.807) is 0 Å². The van der Waals surface area contributed by atoms with Crippen LogP contribution in [0.3, 0.4) is 0 Å². The predicted octanol–water partition coefficient (Wildman–Crippen LogP) is 17.9. The van der Waals surface area contributed by atoms with Gasteiger partial charge in [-0.1, -0.05) is 262 Å². The van der Waals surface area contributed by atoms with Gasteiger partial charge in [0.1, 0.15) is 19.8 Å². The largest absolute Gasteiger partial charge is 0.756 e. The highest BCUT2D eigenvalue weighted by atomic mass is 31.2. The maximum Gasteiger partial charge on any atom is 0.306 e. The van der Waals surface area contributed by atoms with E-state index in [0.717, 1.165) is 64.2 Å². The van der Waals surface area contributed by atoms with E-state index in [4.69, 9.17) is 18.5 Å². The summed E-state index contributed by atoms with van der Waals surface area (Å²) in [6.07, 6.45) is 65.8. The SMILES string of the molecule is CC/C=C\C/C=C\C/C=C\C/C=C\CCCCCCCCCCCCCCCCC(=O)OC(COC(=O)CCCCCCCCCCCCCCCCCCCCCC)COP(=O)([O-])OCC[N+](C)(C)C. The van der Waals surface area contributed by atoms with E-state index in [2.05, 4.69) is 62.5 Å². The van der Waals surface area contributed by atoms with Crippen molar-refractivity contribution in [1.29, 1.82) is 0 Å². The van der Waals surface area contributed by atoms with Crippen LogP contribution in [0.4, 0.5) is 0 Å². The van der Waals surface area contributed by atoms with E-state index < -0.39 is 26.5 Å². The molecule has 0 aliphatic heterocycles. The first kappa shape index (κ1) is 69.0. The normalized spacial score (nSPS) is 13.6. The number of hydrogen-bond donors (Lipinski definition) is 0. The fraction of sp³-hybridized carbons (Fsp3) is 0.836. The Hall–Kier alpha value is -2.03. The molecule has 0 bridgehead atoms. The Morgan fingerprint density at radius 3 is 1.20 bits per heavy atom. The number of likely N-dealkylation sites (N-methyl/N-ethyl adjacent to an activating group) is 1. The molecule has 0 rings (SSSR count). The van der Waals surface area contributed by atoms with Crippen molar-refractivity contribution in [1.82, 2.24) is 0 Å². The van der Waals surface area contributed by atoms with E-state index in [0.29, 0.717) is 17.4 Å². The maximum absolute atomic E-state index is 12.8. The first-order valence-corrected chi connectivity index (χ1v) is 31.3. The third-order valence-electron chi connectivity index (χ3n) is 13.1. The number of carbonyl (C=O) groups is 2. The Balaban J connectivity index is 4.11. The summed E-state index contributed by atoms with van der Waals surface area (Å²) in [5.74, 6) is -0.820. The average molecular weight is 1020 g/mol. The zero-order chi connectivity index (χ0) is 52.0. The summed E-state index contributed by atoms with van der Waals surface area (Å²) in [5.41, 5.74) is 0. The first-order valence-electron chi connectivity index (χ1n) is 29.8. The topological polar surface area (TPSA) is 111 Å². The Morgan fingerprint density at radius 1 is 0.451 bits per heavy atom. The molecular formula is C61H114NO8P. The number of phosphoric acid groups is 1. The molecular weight excluding hydrogens is 906 g/mol. The number of allylic oxidation sites excluding steroid dienone is 8. The third-order valence-corrected chi connectivity index (χ3v) is 14.1. The lowest BCUT2D eigenvalue weighted by atomic mass is 10.0. The molecule has 0 fully saturated rings. The number of carbonyl (C=O) groups excluding carboxylic acids is 2. The van der Waals surface area contributed by atoms with Gasteiger partial charge in [0.25, 0.3) is 7.82 Å². The van der Waals surface area contributed by atoms with Crippen molar-refractivity contribution in [2.45, 2.75) is 283 Å². The van der Waals surface area contributed by atoms with E-state index >= 15 is 0 Å². The van der Waals surface area contributed by atoms with Gasteiger partial charge in [-0.25, -0.2) is 0 Å². The summed E-state index contributed by atoms with van der Waals surface area (Å²) in [6, 6.07) is 0. The quantitative estimate of drug-likeness (QED) is 0.0195. The standard InChI is InChI=1S/C61H114NO8P/c1-6-8-10-12-14-16-18-20-22-24-26-28-29-30-31-32-33-34-36-38-40-42-44-46-48-50-52-54-61(64)70-59(58-69-71(65,66)68-56-55-62(3,4)5)57-67-60(63)53-51-49-47-45-43-41-39-37-35-27-25-23-21-19-17-15-13-11-9-7-2/h8,10,14,16,20,22,26,28,59H,6-7,9,11-13,15,17-19,21,23-25,27,29-58H2,1-5H3/b10-8-,16-14-,22-20-,28-26-. The molecule has 0 aromatic rings. The van der Waals surface area contributed by atoms with Crippen LogP contribution in [0.5, 0.6) is 0 Å². The van der Waals surface area contributed by atoms with Gasteiger partial charge in [0, 0.05) is 12.8 Å². The van der Waals surface area contributed by atoms with Crippen molar-refractivity contribution in [2.24, 2.45) is 0 Å². The molecule has 0 heterocycles. The lowest BCUT2D eigenvalue weighted by Gasteiger charge is -2.28. The minimum Gasteiger partial charge on any atom is -0.756 e. The van der Waals surface area contributed by atoms with Gasteiger partial charge in [0.05, 0.1) is 27.7 Å². The Kier molecular flexibility index (Phi) is 51.3. The summed E-state index contributed by atoms with van der Waals surface area (Å²) >= 11 is 0. The second-order valence-corrected chi connectivity index (χ2v) is 22.8. The molecule has 0 saturated heterocycles. The van der Waals surface area contributed by atoms with Crippen LogP contribution >= 0.6 is 7.82 Å². The second kappa shape index (κ2) is 52.8. The van der Waals surface area contributed by atoms with E-state index in [1.807, 2.05) is 21.1 Å². The van der Waals surface area contributed by atoms with Crippen molar-refractivity contribution in [3.05, 3.63) is 48.6 Å². The minimum atomic E-state index is -4.63. The maximum atomic E-state index is 12.8. The second-order valence-electron chi connectivity index (χ2n) is 21.3. The molecule has 0 saturated carbocycles. The van der Waals surface area contributed by atoms with Crippen LogP contribution < -0.4 is 4.89 Å². The highest BCUT2D eigenvalue weighted by Gasteiger charge is 2.22. The Labute approximate surface area is 439 Å². The zero-order valence-electron chi connectivity index (χ0n) is 47.2. The number of esters is 2. The molecule has 0 aliphatic carbocycles. The van der Waals surface area contributed by atoms with Crippen LogP contribution in [0.2, 0.25) is 0 Å². The van der Waals surface area contributed by atoms with Crippen molar-refractivity contribution in [2.75, 3.05) is 47.5 Å². The van der Waals surface area contributed by atoms with Gasteiger partial charge in [-0.15, -0.1) is 0 Å². The number of hydrogen-bond acceptors (Lipinski definition) is 8. The van der Waals surface area contributed by atoms with Gasteiger partial charge < -0.3 is 27.9 Å². The van der Waals surface area contributed by atoms with Crippen molar-refractivity contribution in [3.8, 4) is 0 Å². The molecule has 0 aromatic heterocycles. The summed E-state index contributed by atoms with van der Waals surface area (Å²) < 4.78 is 34.2. The molecule has 0 aromatic carbocycles. The fourth-order valence-corrected chi connectivity index (χ4v) is 9.26. The third kappa shape index (κ3) is 57.1. The summed E-state index contributed by atoms with van der Waals surface area (Å²) in [6.45, 7) is 4.17. The number of rotatable bonds is 55. The molecule has 0 amide bonds. The van der Waals surface area contributed by atoms with Gasteiger partial charge in [-0.2, -0.15) is 0 Å². The lowest BCUT2D eigenvalue weighted by molar-refractivity contribution is -0.870. The number of unbranched alkanes of at least 4 members (excludes halogenated alkanes) is 33. The van der Waals surface area contributed by atoms with Gasteiger partial charge in [0.2, 0.25) is 0 Å². The van der Waals surface area contributed by atoms with Crippen LogP contribution in [0.1, 0.15) is 277 Å². The fourth-order valence-electron chi connectivity index (χ4n) is 8.53. The van der Waals surface area contributed by atoms with Crippen molar-refractivity contribution < 1.29 is 42.1 Å². The van der Waals surface area contributed by atoms with Crippen LogP contribution in [-0.2, 0) is 32.7 Å². The van der Waals surface area contributed by atoms with Crippen molar-refractivity contribution in [3.63, 3.8) is 0 Å². The van der Waals surface area contributed by atoms with Crippen LogP contribution in [0, 0.1) is 0 Å². The molecule has 0 radical (unpaired) electrons. The van der Waals surface area contributed by atoms with Gasteiger partial charge in [-0.05, 0) is 51.4 Å². The molecule has 0 N–H and O–H groups in total. The number of ether oxygens (including phenoxy) is 2. The summed E-state index contributed by atoms with van der Waals surface area (Å²) in [4.78, 5) is 37.9. The highest BCUT2D eigenvalue weighted by Crippen LogP contribution is 2.38. The van der Waals surface area contributed by atoms with Gasteiger partial charge >= 0.3 is 11.9 Å². The summed E-state index contributed by atoms with van der Waals surface area (Å²) in [5, 5.41) is 0. The minimum absolute atomic E-state index is 0.0296. The number of nitrogens with zero attached hydrogens (tertiary/aromatic N) is 1. The van der Waals surface area contributed by atoms with Gasteiger partial charge in [-0.3, -0.25) is 14.2 Å². The monoisotopic (exact) mass is 1020 g/mol. The molecule has 9 nitrogen and oxygen atoms in total. The molecule has 10 heteroatoms. The Bertz CT molecular complexity index is 1340. The first-order chi connectivity index (χ1) is 34.5. The molecule has 416 valence electrons. The Morgan fingerprint density at radius 2 is 0.803 bits per heavy atom. The number of phosphoric ester groups is 1. The van der Waals surface area contributed by atoms with Crippen LogP contribution in [0.15, 0.2) is 48.6 Å². The van der Waals surface area contributed by atoms with E-state index in [1.165, 1.54) is 180 Å². The van der Waals surface area contributed by atoms with Gasteiger partial charge in [0.15, 0.2) is 6.10 Å². The highest BCUT2D eigenvalue weighted by molar-refractivity contribution is 7.45. The number of quaternary nitrogens is 1. The van der Waals surface area contributed by atoms with Crippen LogP contribution in [0.25, 0.3) is 0 Å². The smallest absolute Gasteiger partial charge is 0.306 e. The molecule has 2 unspecified atom stereocenters. The predicted molar refractivity (Wildman–Crippen MR) is 300 cm³/mol.